The van der Waals surface area contributed by atoms with Crippen molar-refractivity contribution in [3.63, 3.8) is 0 Å². The van der Waals surface area contributed by atoms with Gasteiger partial charge in [0.1, 0.15) is 5.75 Å². The Labute approximate surface area is 171 Å². The number of hydrogen-bond donors (Lipinski definition) is 0. The summed E-state index contributed by atoms with van der Waals surface area (Å²) >= 11 is 0. The van der Waals surface area contributed by atoms with Crippen molar-refractivity contribution in [2.75, 3.05) is 6.61 Å². The predicted octanol–water partition coefficient (Wildman–Crippen LogP) is 8.21. The number of benzene rings is 1. The van der Waals surface area contributed by atoms with Crippen LogP contribution in [0.2, 0.25) is 0 Å². The van der Waals surface area contributed by atoms with E-state index in [0.717, 1.165) is 42.9 Å². The van der Waals surface area contributed by atoms with Crippen LogP contribution < -0.4 is 4.74 Å². The van der Waals surface area contributed by atoms with Crippen molar-refractivity contribution >= 4 is 0 Å². The summed E-state index contributed by atoms with van der Waals surface area (Å²) in [5.74, 6) is 4.07. The summed E-state index contributed by atoms with van der Waals surface area (Å²) < 4.78 is 18.1. The molecule has 0 saturated heterocycles. The molecule has 156 valence electrons. The van der Waals surface area contributed by atoms with Gasteiger partial charge in [0.15, 0.2) is 0 Å². The van der Waals surface area contributed by atoms with Gasteiger partial charge >= 0.3 is 0 Å². The van der Waals surface area contributed by atoms with Gasteiger partial charge in [-0.15, -0.1) is 0 Å². The van der Waals surface area contributed by atoms with E-state index in [1.807, 2.05) is 0 Å². The summed E-state index contributed by atoms with van der Waals surface area (Å²) in [6.45, 7) is 3.02. The lowest BCUT2D eigenvalue weighted by Gasteiger charge is -2.31. The molecule has 0 aliphatic heterocycles. The third-order valence-corrected chi connectivity index (χ3v) is 7.18. The molecular weight excluding hydrogens is 347 g/mol. The van der Waals surface area contributed by atoms with Crippen LogP contribution in [0.3, 0.4) is 0 Å². The van der Waals surface area contributed by atoms with Gasteiger partial charge in [0, 0.05) is 0 Å². The molecule has 0 N–H and O–H groups in total. The largest absolute Gasteiger partial charge is 0.494 e. The summed E-state index contributed by atoms with van der Waals surface area (Å²) in [7, 11) is 0. The smallest absolute Gasteiger partial charge is 0.119 e. The molecule has 3 rings (SSSR count). The maximum Gasteiger partial charge on any atom is 0.119 e. The van der Waals surface area contributed by atoms with E-state index in [4.69, 9.17) is 4.74 Å². The van der Waals surface area contributed by atoms with E-state index >= 15 is 0 Å². The molecule has 2 saturated carbocycles. The number of rotatable bonds is 9. The van der Waals surface area contributed by atoms with Crippen molar-refractivity contribution in [1.29, 1.82) is 0 Å². The van der Waals surface area contributed by atoms with E-state index in [9.17, 15) is 4.39 Å². The molecule has 1 nitrogen and oxygen atoms in total. The highest BCUT2D eigenvalue weighted by Crippen LogP contribution is 2.40. The van der Waals surface area contributed by atoms with Crippen LogP contribution in [0.15, 0.2) is 36.7 Å². The topological polar surface area (TPSA) is 9.23 Å². The van der Waals surface area contributed by atoms with Crippen LogP contribution in [0.5, 0.6) is 5.75 Å². The molecule has 0 atom stereocenters. The highest BCUT2D eigenvalue weighted by atomic mass is 19.1. The first-order valence-corrected chi connectivity index (χ1v) is 11.8. The minimum Gasteiger partial charge on any atom is -0.494 e. The van der Waals surface area contributed by atoms with Crippen LogP contribution in [0, 0.1) is 17.8 Å². The van der Waals surface area contributed by atoms with Gasteiger partial charge in [-0.1, -0.05) is 44.4 Å². The standard InChI is InChI=1S/C26H39FO/c1-2-3-20-28-26-16-14-25(15-17-26)24-12-10-22(11-13-24)5-4-21-6-8-23(9-7-21)18-19-27/h14-19,21-24H,2-13,20H2,1H3/t21-,22-,23-,24-. The van der Waals surface area contributed by atoms with E-state index in [1.165, 1.54) is 76.2 Å². The normalized spacial score (nSPS) is 28.5. The minimum atomic E-state index is 0.500. The molecular formula is C26H39FO. The molecule has 0 spiro atoms. The molecule has 0 aromatic heterocycles. The second-order valence-corrected chi connectivity index (χ2v) is 9.17. The van der Waals surface area contributed by atoms with E-state index in [1.54, 1.807) is 6.08 Å². The molecule has 28 heavy (non-hydrogen) atoms. The zero-order chi connectivity index (χ0) is 19.6. The Balaban J connectivity index is 1.34. The zero-order valence-electron chi connectivity index (χ0n) is 17.8. The molecule has 2 aliphatic carbocycles. The van der Waals surface area contributed by atoms with Gasteiger partial charge in [-0.3, -0.25) is 0 Å². The van der Waals surface area contributed by atoms with Gasteiger partial charge in [-0.05, 0) is 99.2 Å². The molecule has 0 unspecified atom stereocenters. The van der Waals surface area contributed by atoms with Crippen LogP contribution in [0.25, 0.3) is 0 Å². The van der Waals surface area contributed by atoms with Crippen molar-refractivity contribution < 1.29 is 9.13 Å². The highest BCUT2D eigenvalue weighted by molar-refractivity contribution is 5.29. The molecule has 0 bridgehead atoms. The van der Waals surface area contributed by atoms with Crippen molar-refractivity contribution in [2.45, 2.75) is 89.9 Å². The van der Waals surface area contributed by atoms with E-state index < -0.39 is 0 Å². The highest BCUT2D eigenvalue weighted by Gasteiger charge is 2.25. The summed E-state index contributed by atoms with van der Waals surface area (Å²) in [6.07, 6.45) is 18.1. The SMILES string of the molecule is CCCCOc1ccc([C@H]2CC[C@H](CC[C@H]3CC[C@H](C=CF)CC3)CC2)cc1. The van der Waals surface area contributed by atoms with Crippen LogP contribution >= 0.6 is 0 Å². The van der Waals surface area contributed by atoms with Gasteiger partial charge in [-0.25, -0.2) is 4.39 Å². The lowest BCUT2D eigenvalue weighted by molar-refractivity contribution is 0.245. The van der Waals surface area contributed by atoms with E-state index in [0.29, 0.717) is 5.92 Å². The van der Waals surface area contributed by atoms with Crippen LogP contribution in [-0.2, 0) is 0 Å². The van der Waals surface area contributed by atoms with Gasteiger partial charge < -0.3 is 4.74 Å². The van der Waals surface area contributed by atoms with E-state index in [-0.39, 0.29) is 0 Å². The zero-order valence-corrected chi connectivity index (χ0v) is 17.8. The fourth-order valence-corrected chi connectivity index (χ4v) is 5.20. The first kappa shape index (κ1) is 21.4. The fraction of sp³-hybridized carbons (Fsp3) is 0.692. The second-order valence-electron chi connectivity index (χ2n) is 9.17. The average molecular weight is 387 g/mol. The molecule has 0 amide bonds. The monoisotopic (exact) mass is 386 g/mol. The first-order valence-electron chi connectivity index (χ1n) is 11.8. The Bertz CT molecular complexity index is 563. The molecule has 2 heteroatoms. The maximum absolute atomic E-state index is 12.3. The lowest BCUT2D eigenvalue weighted by atomic mass is 9.74. The molecule has 2 fully saturated rings. The summed E-state index contributed by atoms with van der Waals surface area (Å²) in [5.41, 5.74) is 1.50. The number of unbranched alkanes of at least 4 members (excludes halogenated alkanes) is 1. The Morgan fingerprint density at radius 2 is 1.50 bits per heavy atom. The van der Waals surface area contributed by atoms with Gasteiger partial charge in [0.05, 0.1) is 12.9 Å². The molecule has 0 heterocycles. The average Bonchev–Trinajstić information content (AvgIpc) is 2.75. The Morgan fingerprint density at radius 3 is 2.07 bits per heavy atom. The van der Waals surface area contributed by atoms with Crippen molar-refractivity contribution in [2.24, 2.45) is 17.8 Å². The van der Waals surface area contributed by atoms with Crippen molar-refractivity contribution in [3.05, 3.63) is 42.2 Å². The summed E-state index contributed by atoms with van der Waals surface area (Å²) in [5, 5.41) is 0. The van der Waals surface area contributed by atoms with Gasteiger partial charge in [0.2, 0.25) is 0 Å². The van der Waals surface area contributed by atoms with Gasteiger partial charge in [-0.2, -0.15) is 0 Å². The lowest BCUT2D eigenvalue weighted by Crippen LogP contribution is -2.17. The molecule has 2 aliphatic rings. The number of allylic oxidation sites excluding steroid dienone is 1. The van der Waals surface area contributed by atoms with Crippen LogP contribution in [0.1, 0.15) is 95.5 Å². The third kappa shape index (κ3) is 6.64. The summed E-state index contributed by atoms with van der Waals surface area (Å²) in [6, 6.07) is 8.89. The minimum absolute atomic E-state index is 0.500. The fourth-order valence-electron chi connectivity index (χ4n) is 5.20. The van der Waals surface area contributed by atoms with Crippen LogP contribution in [0.4, 0.5) is 4.39 Å². The Hall–Kier alpha value is -1.31. The summed E-state index contributed by atoms with van der Waals surface area (Å²) in [4.78, 5) is 0. The van der Waals surface area contributed by atoms with Gasteiger partial charge in [0.25, 0.3) is 0 Å². The van der Waals surface area contributed by atoms with Crippen molar-refractivity contribution in [1.82, 2.24) is 0 Å². The quantitative estimate of drug-likeness (QED) is 0.388. The first-order chi connectivity index (χ1) is 13.8. The second kappa shape index (κ2) is 11.6. The Morgan fingerprint density at radius 1 is 0.893 bits per heavy atom. The Kier molecular flexibility index (Phi) is 8.89. The third-order valence-electron chi connectivity index (χ3n) is 7.18. The maximum atomic E-state index is 12.3. The molecule has 1 aromatic rings. The van der Waals surface area contributed by atoms with Crippen molar-refractivity contribution in [3.8, 4) is 5.75 Å². The predicted molar refractivity (Wildman–Crippen MR) is 116 cm³/mol. The molecule has 1 aromatic carbocycles. The molecule has 0 radical (unpaired) electrons. The number of hydrogen-bond acceptors (Lipinski definition) is 1. The number of halogens is 1. The number of ether oxygens (including phenoxy) is 1. The van der Waals surface area contributed by atoms with E-state index in [2.05, 4.69) is 31.2 Å². The van der Waals surface area contributed by atoms with Crippen LogP contribution in [-0.4, -0.2) is 6.61 Å².